The second-order valence-corrected chi connectivity index (χ2v) is 4.69. The summed E-state index contributed by atoms with van der Waals surface area (Å²) < 4.78 is 5.47. The quantitative estimate of drug-likeness (QED) is 0.576. The highest BCUT2D eigenvalue weighted by Gasteiger charge is 2.14. The van der Waals surface area contributed by atoms with Gasteiger partial charge in [0.1, 0.15) is 0 Å². The number of hydrogen-bond donors (Lipinski definition) is 1. The average molecular weight is 229 g/mol. The molecule has 15 heavy (non-hydrogen) atoms. The lowest BCUT2D eigenvalue weighted by atomic mass is 9.96. The first-order valence-electron chi connectivity index (χ1n) is 6.26. The van der Waals surface area contributed by atoms with E-state index in [0.717, 1.165) is 13.0 Å². The highest BCUT2D eigenvalue weighted by molar-refractivity contribution is 7.80. The molecule has 0 atom stereocenters. The van der Waals surface area contributed by atoms with Crippen LogP contribution in [-0.2, 0) is 4.74 Å². The monoisotopic (exact) mass is 229 g/mol. The Balaban J connectivity index is 2.01. The second kappa shape index (κ2) is 7.91. The van der Waals surface area contributed by atoms with Gasteiger partial charge in [0.05, 0.1) is 6.61 Å². The molecule has 1 aliphatic carbocycles. The number of unbranched alkanes of at least 4 members (excludes halogenated alkanes) is 2. The molecule has 0 spiro atoms. The highest BCUT2D eigenvalue weighted by Crippen LogP contribution is 2.17. The van der Waals surface area contributed by atoms with Gasteiger partial charge in [-0.15, -0.1) is 0 Å². The van der Waals surface area contributed by atoms with E-state index in [1.807, 2.05) is 0 Å². The summed E-state index contributed by atoms with van der Waals surface area (Å²) in [4.78, 5) is 0. The Bertz CT molecular complexity index is 178. The molecule has 0 bridgehead atoms. The Kier molecular flexibility index (Phi) is 6.73. The van der Waals surface area contributed by atoms with Crippen LogP contribution in [0.5, 0.6) is 0 Å². The molecule has 0 aromatic rings. The fraction of sp³-hybridized carbons (Fsp3) is 0.917. The first-order chi connectivity index (χ1) is 7.33. The van der Waals surface area contributed by atoms with Gasteiger partial charge >= 0.3 is 0 Å². The van der Waals surface area contributed by atoms with Crippen LogP contribution >= 0.6 is 12.2 Å². The summed E-state index contributed by atoms with van der Waals surface area (Å²) in [6.07, 6.45) is 10.1. The lowest BCUT2D eigenvalue weighted by Crippen LogP contribution is -2.36. The highest BCUT2D eigenvalue weighted by atomic mass is 32.1. The molecule has 1 rings (SSSR count). The third kappa shape index (κ3) is 5.98. The van der Waals surface area contributed by atoms with E-state index in [1.165, 1.54) is 44.9 Å². The van der Waals surface area contributed by atoms with Crippen LogP contribution in [0.3, 0.4) is 0 Å². The van der Waals surface area contributed by atoms with Crippen molar-refractivity contribution >= 4 is 17.4 Å². The minimum atomic E-state index is 0.567. The fourth-order valence-corrected chi connectivity index (χ4v) is 2.22. The molecule has 0 amide bonds. The van der Waals surface area contributed by atoms with Crippen molar-refractivity contribution in [1.29, 1.82) is 0 Å². The maximum absolute atomic E-state index is 5.47. The SMILES string of the molecule is CCCCCOC(=S)NC1CCCCC1. The molecule has 0 aromatic carbocycles. The lowest BCUT2D eigenvalue weighted by molar-refractivity contribution is 0.276. The van der Waals surface area contributed by atoms with Crippen molar-refractivity contribution in [2.45, 2.75) is 64.3 Å². The molecule has 88 valence electrons. The zero-order chi connectivity index (χ0) is 10.9. The van der Waals surface area contributed by atoms with Gasteiger partial charge in [-0.3, -0.25) is 0 Å². The van der Waals surface area contributed by atoms with Crippen LogP contribution in [0.4, 0.5) is 0 Å². The normalized spacial score (nSPS) is 17.4. The predicted octanol–water partition coefficient (Wildman–Crippen LogP) is 3.40. The van der Waals surface area contributed by atoms with Crippen molar-refractivity contribution in [3.05, 3.63) is 0 Å². The molecule has 0 radical (unpaired) electrons. The van der Waals surface area contributed by atoms with Crippen LogP contribution < -0.4 is 5.32 Å². The van der Waals surface area contributed by atoms with Crippen molar-refractivity contribution in [3.8, 4) is 0 Å². The molecule has 0 unspecified atom stereocenters. The number of rotatable bonds is 5. The zero-order valence-electron chi connectivity index (χ0n) is 9.76. The molecule has 1 saturated carbocycles. The second-order valence-electron chi connectivity index (χ2n) is 4.32. The van der Waals surface area contributed by atoms with Gasteiger partial charge in [-0.1, -0.05) is 39.0 Å². The standard InChI is InChI=1S/C12H23NOS/c1-2-3-7-10-14-12(15)13-11-8-5-4-6-9-11/h11H,2-10H2,1H3,(H,13,15). The molecule has 1 fully saturated rings. The molecule has 0 aromatic heterocycles. The van der Waals surface area contributed by atoms with Gasteiger partial charge < -0.3 is 10.1 Å². The van der Waals surface area contributed by atoms with Crippen molar-refractivity contribution < 1.29 is 4.74 Å². The van der Waals surface area contributed by atoms with E-state index < -0.39 is 0 Å². The van der Waals surface area contributed by atoms with Gasteiger partial charge in [-0.25, -0.2) is 0 Å². The Labute approximate surface area is 98.8 Å². The minimum absolute atomic E-state index is 0.567. The number of hydrogen-bond acceptors (Lipinski definition) is 2. The summed E-state index contributed by atoms with van der Waals surface area (Å²) in [5.74, 6) is 0. The van der Waals surface area contributed by atoms with Crippen LogP contribution in [0, 0.1) is 0 Å². The molecular weight excluding hydrogens is 206 g/mol. The van der Waals surface area contributed by atoms with Crippen molar-refractivity contribution in [3.63, 3.8) is 0 Å². The Morgan fingerprint density at radius 1 is 1.27 bits per heavy atom. The van der Waals surface area contributed by atoms with Gasteiger partial charge in [0.15, 0.2) is 0 Å². The smallest absolute Gasteiger partial charge is 0.256 e. The third-order valence-electron chi connectivity index (χ3n) is 2.91. The van der Waals surface area contributed by atoms with Gasteiger partial charge in [-0.2, -0.15) is 0 Å². The van der Waals surface area contributed by atoms with Gasteiger partial charge in [-0.05, 0) is 31.5 Å². The van der Waals surface area contributed by atoms with E-state index in [9.17, 15) is 0 Å². The molecule has 3 heteroatoms. The van der Waals surface area contributed by atoms with Gasteiger partial charge in [0, 0.05) is 6.04 Å². The lowest BCUT2D eigenvalue weighted by Gasteiger charge is -2.23. The largest absolute Gasteiger partial charge is 0.471 e. The maximum atomic E-state index is 5.47. The summed E-state index contributed by atoms with van der Waals surface area (Å²) in [5, 5.41) is 3.91. The fourth-order valence-electron chi connectivity index (χ4n) is 1.97. The van der Waals surface area contributed by atoms with Crippen molar-refractivity contribution in [1.82, 2.24) is 5.32 Å². The molecule has 1 aliphatic rings. The summed E-state index contributed by atoms with van der Waals surface area (Å²) in [5.41, 5.74) is 0. The zero-order valence-corrected chi connectivity index (χ0v) is 10.6. The van der Waals surface area contributed by atoms with E-state index in [2.05, 4.69) is 12.2 Å². The topological polar surface area (TPSA) is 21.3 Å². The average Bonchev–Trinajstić information content (AvgIpc) is 2.26. The van der Waals surface area contributed by atoms with Gasteiger partial charge in [0.25, 0.3) is 5.17 Å². The molecule has 2 nitrogen and oxygen atoms in total. The third-order valence-corrected chi connectivity index (χ3v) is 3.14. The number of nitrogens with one attached hydrogen (secondary N) is 1. The Morgan fingerprint density at radius 2 is 2.00 bits per heavy atom. The number of ether oxygens (including phenoxy) is 1. The van der Waals surface area contributed by atoms with Crippen molar-refractivity contribution in [2.75, 3.05) is 6.61 Å². The van der Waals surface area contributed by atoms with E-state index in [0.29, 0.717) is 11.2 Å². The van der Waals surface area contributed by atoms with E-state index in [-0.39, 0.29) is 0 Å². The van der Waals surface area contributed by atoms with Crippen molar-refractivity contribution in [2.24, 2.45) is 0 Å². The summed E-state index contributed by atoms with van der Waals surface area (Å²) in [6, 6.07) is 0.567. The Morgan fingerprint density at radius 3 is 2.67 bits per heavy atom. The molecular formula is C12H23NOS. The molecule has 0 heterocycles. The predicted molar refractivity (Wildman–Crippen MR) is 68.1 cm³/mol. The Hall–Kier alpha value is -0.310. The molecule has 0 saturated heterocycles. The van der Waals surface area contributed by atoms with Crippen LogP contribution in [0.1, 0.15) is 58.3 Å². The van der Waals surface area contributed by atoms with Crippen LogP contribution in [0.15, 0.2) is 0 Å². The summed E-state index contributed by atoms with van der Waals surface area (Å²) in [6.45, 7) is 2.96. The van der Waals surface area contributed by atoms with Gasteiger partial charge in [0.2, 0.25) is 0 Å². The summed E-state index contributed by atoms with van der Waals surface area (Å²) >= 11 is 5.15. The maximum Gasteiger partial charge on any atom is 0.256 e. The summed E-state index contributed by atoms with van der Waals surface area (Å²) in [7, 11) is 0. The molecule has 0 aliphatic heterocycles. The van der Waals surface area contributed by atoms with Crippen LogP contribution in [0.2, 0.25) is 0 Å². The first kappa shape index (κ1) is 12.8. The van der Waals surface area contributed by atoms with E-state index >= 15 is 0 Å². The minimum Gasteiger partial charge on any atom is -0.471 e. The first-order valence-corrected chi connectivity index (χ1v) is 6.67. The van der Waals surface area contributed by atoms with Crippen LogP contribution in [0.25, 0.3) is 0 Å². The van der Waals surface area contributed by atoms with E-state index in [4.69, 9.17) is 17.0 Å². The van der Waals surface area contributed by atoms with E-state index in [1.54, 1.807) is 0 Å². The molecule has 1 N–H and O–H groups in total. The van der Waals surface area contributed by atoms with Crippen LogP contribution in [-0.4, -0.2) is 17.8 Å². The number of thiocarbonyl (C=S) groups is 1.